The number of carboxylic acid groups (broad SMARTS) is 1. The third-order valence-corrected chi connectivity index (χ3v) is 1.02. The van der Waals surface area contributed by atoms with Crippen LogP contribution in [0.4, 0.5) is 0 Å². The van der Waals surface area contributed by atoms with Crippen LogP contribution >= 0.6 is 0 Å². The SMILES string of the molecule is O=[11C](O)c1ccccc1. The van der Waals surface area contributed by atoms with E-state index in [0.717, 1.165) is 0 Å². The normalized spacial score (nSPS) is 8.89. The molecule has 0 heterocycles. The van der Waals surface area contributed by atoms with E-state index in [1.54, 1.807) is 30.3 Å². The van der Waals surface area contributed by atoms with Crippen LogP contribution < -0.4 is 0 Å². The number of benzene rings is 1. The molecule has 2 nitrogen and oxygen atoms in total. The Bertz CT molecular complexity index is 203. The highest BCUT2D eigenvalue weighted by Gasteiger charge is 1.96. The summed E-state index contributed by atoms with van der Waals surface area (Å²) in [6.07, 6.45) is 0. The second-order valence-electron chi connectivity index (χ2n) is 1.67. The largest absolute Gasteiger partial charge is 0.478 e. The molecule has 0 aromatic heterocycles. The van der Waals surface area contributed by atoms with Crippen LogP contribution in [0.5, 0.6) is 0 Å². The summed E-state index contributed by atoms with van der Waals surface area (Å²) in [4.78, 5) is 10.2. The van der Waals surface area contributed by atoms with Crippen molar-refractivity contribution < 1.29 is 9.90 Å². The van der Waals surface area contributed by atoms with Crippen molar-refractivity contribution in [3.63, 3.8) is 0 Å². The fourth-order valence-corrected chi connectivity index (χ4v) is 0.581. The number of rotatable bonds is 1. The van der Waals surface area contributed by atoms with Gasteiger partial charge in [0.05, 0.1) is 5.56 Å². The van der Waals surface area contributed by atoms with E-state index in [1.807, 2.05) is 0 Å². The molecule has 2 heteroatoms. The monoisotopic (exact) mass is 121 g/mol. The Hall–Kier alpha value is -1.31. The van der Waals surface area contributed by atoms with Gasteiger partial charge in [0.2, 0.25) is 0 Å². The molecule has 0 fully saturated rings. The van der Waals surface area contributed by atoms with Crippen molar-refractivity contribution in [2.45, 2.75) is 0 Å². The minimum Gasteiger partial charge on any atom is -0.478 e. The molecule has 0 amide bonds. The highest BCUT2D eigenvalue weighted by molar-refractivity contribution is 5.87. The van der Waals surface area contributed by atoms with Crippen LogP contribution in [-0.2, 0) is 0 Å². The first kappa shape index (κ1) is 5.82. The molecule has 1 aromatic carbocycles. The average Bonchev–Trinajstić information content (AvgIpc) is 1.90. The third-order valence-electron chi connectivity index (χ3n) is 1.02. The zero-order chi connectivity index (χ0) is 6.69. The van der Waals surface area contributed by atoms with Gasteiger partial charge in [0.15, 0.2) is 0 Å². The van der Waals surface area contributed by atoms with Crippen molar-refractivity contribution in [1.29, 1.82) is 0 Å². The van der Waals surface area contributed by atoms with E-state index in [9.17, 15) is 4.79 Å². The van der Waals surface area contributed by atoms with Crippen molar-refractivity contribution >= 4 is 5.97 Å². The maximum Gasteiger partial charge on any atom is 0.335 e. The molecule has 1 aromatic rings. The lowest BCUT2D eigenvalue weighted by molar-refractivity contribution is 0.0697. The molecule has 9 heavy (non-hydrogen) atoms. The molecule has 0 radical (unpaired) electrons. The topological polar surface area (TPSA) is 37.3 Å². The zero-order valence-electron chi connectivity index (χ0n) is 4.74. The van der Waals surface area contributed by atoms with E-state index in [-0.39, 0.29) is 0 Å². The molecule has 0 atom stereocenters. The number of carbonyl (C=O) groups is 1. The summed E-state index contributed by atoms with van der Waals surface area (Å²) in [7, 11) is 0. The predicted molar refractivity (Wildman–Crippen MR) is 33.4 cm³/mol. The minimum atomic E-state index is -0.879. The summed E-state index contributed by atoms with van der Waals surface area (Å²) < 4.78 is 0. The van der Waals surface area contributed by atoms with Gasteiger partial charge in [-0.15, -0.1) is 0 Å². The van der Waals surface area contributed by atoms with Crippen molar-refractivity contribution in [1.82, 2.24) is 0 Å². The molecule has 0 aliphatic heterocycles. The summed E-state index contributed by atoms with van der Waals surface area (Å²) in [5, 5.41) is 8.38. The van der Waals surface area contributed by atoms with Gasteiger partial charge in [-0.1, -0.05) is 18.2 Å². The van der Waals surface area contributed by atoms with Crippen molar-refractivity contribution in [2.24, 2.45) is 0 Å². The third kappa shape index (κ3) is 1.29. The summed E-state index contributed by atoms with van der Waals surface area (Å²) >= 11 is 0. The molecule has 1 rings (SSSR count). The van der Waals surface area contributed by atoms with Crippen LogP contribution in [0.3, 0.4) is 0 Å². The molecule has 0 saturated heterocycles. The highest BCUT2D eigenvalue weighted by atomic mass is 16.3. The van der Waals surface area contributed by atoms with Crippen molar-refractivity contribution in [3.8, 4) is 0 Å². The van der Waals surface area contributed by atoms with Gasteiger partial charge in [-0.05, 0) is 12.1 Å². The van der Waals surface area contributed by atoms with Gasteiger partial charge in [-0.25, -0.2) is 4.79 Å². The summed E-state index contributed by atoms with van der Waals surface area (Å²) in [5.41, 5.74) is 0.331. The number of carboxylic acids is 1. The molecule has 0 saturated carbocycles. The van der Waals surface area contributed by atoms with Gasteiger partial charge in [0.25, 0.3) is 0 Å². The maximum absolute atomic E-state index is 10.2. The standard InChI is InChI=1S/C7H6O2/c8-7(9)6-4-2-1-3-5-6/h1-5H,(H,8,9)/i7-1. The van der Waals surface area contributed by atoms with Gasteiger partial charge in [-0.3, -0.25) is 0 Å². The Morgan fingerprint density at radius 1 is 1.22 bits per heavy atom. The van der Waals surface area contributed by atoms with Crippen LogP contribution in [-0.4, -0.2) is 11.1 Å². The first-order valence-corrected chi connectivity index (χ1v) is 2.59. The number of hydrogen-bond donors (Lipinski definition) is 1. The lowest BCUT2D eigenvalue weighted by atomic mass is 9.95. The Morgan fingerprint density at radius 2 is 1.78 bits per heavy atom. The average molecular weight is 121 g/mol. The fraction of sp³-hybridized carbons (Fsp3) is 0. The zero-order valence-corrected chi connectivity index (χ0v) is 4.74. The highest BCUT2D eigenvalue weighted by Crippen LogP contribution is 1.96. The molecule has 0 aliphatic rings. The lowest BCUT2D eigenvalue weighted by Gasteiger charge is -1.88. The second kappa shape index (κ2) is 2.31. The van der Waals surface area contributed by atoms with Crippen LogP contribution in [0.25, 0.3) is 0 Å². The van der Waals surface area contributed by atoms with E-state index in [2.05, 4.69) is 0 Å². The minimum absolute atomic E-state index is 0.331. The van der Waals surface area contributed by atoms with E-state index >= 15 is 0 Å². The van der Waals surface area contributed by atoms with Gasteiger partial charge in [0.1, 0.15) is 0 Å². The lowest BCUT2D eigenvalue weighted by Crippen LogP contribution is -1.93. The van der Waals surface area contributed by atoms with Gasteiger partial charge >= 0.3 is 5.97 Å². The maximum atomic E-state index is 10.2. The van der Waals surface area contributed by atoms with E-state index in [4.69, 9.17) is 5.11 Å². The molecule has 0 unspecified atom stereocenters. The summed E-state index contributed by atoms with van der Waals surface area (Å²) in [5.74, 6) is -0.879. The van der Waals surface area contributed by atoms with E-state index in [1.165, 1.54) is 0 Å². The quantitative estimate of drug-likeness (QED) is 0.609. The molecular weight excluding hydrogens is 115 g/mol. The van der Waals surface area contributed by atoms with Crippen molar-refractivity contribution in [3.05, 3.63) is 35.9 Å². The Balaban J connectivity index is 2.98. The van der Waals surface area contributed by atoms with E-state index < -0.39 is 5.97 Å². The molecular formula is C7H6O2. The van der Waals surface area contributed by atoms with Crippen LogP contribution in [0.2, 0.25) is 0 Å². The van der Waals surface area contributed by atoms with E-state index in [0.29, 0.717) is 5.56 Å². The molecule has 0 aliphatic carbocycles. The van der Waals surface area contributed by atoms with Gasteiger partial charge in [-0.2, -0.15) is 0 Å². The van der Waals surface area contributed by atoms with Crippen molar-refractivity contribution in [2.75, 3.05) is 0 Å². The first-order valence-electron chi connectivity index (χ1n) is 2.59. The Labute approximate surface area is 52.8 Å². The summed E-state index contributed by atoms with van der Waals surface area (Å²) in [6, 6.07) is 8.30. The Kier molecular flexibility index (Phi) is 1.49. The molecule has 0 bridgehead atoms. The van der Waals surface area contributed by atoms with Crippen LogP contribution in [0.15, 0.2) is 30.3 Å². The van der Waals surface area contributed by atoms with Gasteiger partial charge in [0, 0.05) is 0 Å². The number of hydrogen-bond acceptors (Lipinski definition) is 1. The second-order valence-corrected chi connectivity index (χ2v) is 1.67. The van der Waals surface area contributed by atoms with Crippen LogP contribution in [0, 0.1) is 0 Å². The van der Waals surface area contributed by atoms with Gasteiger partial charge < -0.3 is 5.11 Å². The molecule has 1 N–H and O–H groups in total. The molecule has 46 valence electrons. The molecule has 0 spiro atoms. The first-order chi connectivity index (χ1) is 4.30. The Morgan fingerprint density at radius 3 is 2.11 bits per heavy atom. The smallest absolute Gasteiger partial charge is 0.335 e. The number of aromatic carboxylic acids is 1. The summed E-state index contributed by atoms with van der Waals surface area (Å²) in [6.45, 7) is 0. The van der Waals surface area contributed by atoms with Crippen LogP contribution in [0.1, 0.15) is 10.4 Å². The fourth-order valence-electron chi connectivity index (χ4n) is 0.581. The predicted octanol–water partition coefficient (Wildman–Crippen LogP) is 1.38.